The van der Waals surface area contributed by atoms with Gasteiger partial charge in [-0.1, -0.05) is 53.0 Å². The fraction of sp³-hybridized carbons (Fsp3) is 0. The predicted octanol–water partition coefficient (Wildman–Crippen LogP) is 6.11. The molecular weight excluding hydrogens is 349 g/mol. The molecule has 0 fully saturated rings. The molecule has 1 aromatic heterocycles. The van der Waals surface area contributed by atoms with Crippen LogP contribution in [0.15, 0.2) is 42.5 Å². The number of thiophene rings is 1. The number of anilines is 1. The van der Waals surface area contributed by atoms with Gasteiger partial charge in [-0.25, -0.2) is 0 Å². The largest absolute Gasteiger partial charge is 0.320 e. The lowest BCUT2D eigenvalue weighted by Crippen LogP contribution is -2.10. The summed E-state index contributed by atoms with van der Waals surface area (Å²) >= 11 is 19.5. The highest BCUT2D eigenvalue weighted by Gasteiger charge is 2.17. The molecule has 21 heavy (non-hydrogen) atoms. The summed E-state index contributed by atoms with van der Waals surface area (Å²) in [6.45, 7) is 0. The van der Waals surface area contributed by atoms with Gasteiger partial charge in [0.25, 0.3) is 5.91 Å². The van der Waals surface area contributed by atoms with Gasteiger partial charge in [0.2, 0.25) is 0 Å². The second kappa shape index (κ2) is 5.85. The average Bonchev–Trinajstić information content (AvgIpc) is 2.80. The Labute approximate surface area is 140 Å². The third-order valence-electron chi connectivity index (χ3n) is 2.92. The molecule has 0 aliphatic rings. The summed E-state index contributed by atoms with van der Waals surface area (Å²) in [6, 6.07) is 12.5. The number of carbonyl (C=O) groups is 1. The highest BCUT2D eigenvalue weighted by Crippen LogP contribution is 2.36. The van der Waals surface area contributed by atoms with Gasteiger partial charge >= 0.3 is 0 Å². The Hall–Kier alpha value is -1.26. The fourth-order valence-corrected chi connectivity index (χ4v) is 3.80. The first-order valence-electron chi connectivity index (χ1n) is 5.99. The van der Waals surface area contributed by atoms with Gasteiger partial charge in [0.15, 0.2) is 0 Å². The SMILES string of the molecule is O=C(Nc1ccc(Cl)cc1Cl)c1sc2ccccc2c1Cl. The summed E-state index contributed by atoms with van der Waals surface area (Å²) < 4.78 is 0.967. The highest BCUT2D eigenvalue weighted by molar-refractivity contribution is 7.21. The van der Waals surface area contributed by atoms with Crippen LogP contribution in [0.5, 0.6) is 0 Å². The molecule has 0 unspecified atom stereocenters. The normalized spacial score (nSPS) is 10.8. The Balaban J connectivity index is 1.95. The first kappa shape index (κ1) is 14.7. The molecule has 0 saturated heterocycles. The van der Waals surface area contributed by atoms with Gasteiger partial charge in [0, 0.05) is 15.1 Å². The minimum Gasteiger partial charge on any atom is -0.320 e. The van der Waals surface area contributed by atoms with E-state index in [1.165, 1.54) is 11.3 Å². The zero-order chi connectivity index (χ0) is 15.0. The van der Waals surface area contributed by atoms with E-state index in [4.69, 9.17) is 34.8 Å². The van der Waals surface area contributed by atoms with Crippen molar-refractivity contribution < 1.29 is 4.79 Å². The zero-order valence-corrected chi connectivity index (χ0v) is 13.6. The molecule has 0 saturated carbocycles. The van der Waals surface area contributed by atoms with Gasteiger partial charge in [-0.2, -0.15) is 0 Å². The highest BCUT2D eigenvalue weighted by atomic mass is 35.5. The molecule has 1 amide bonds. The van der Waals surface area contributed by atoms with Gasteiger partial charge < -0.3 is 5.32 Å². The molecule has 0 atom stereocenters. The van der Waals surface area contributed by atoms with Crippen molar-refractivity contribution in [3.8, 4) is 0 Å². The number of benzene rings is 2. The van der Waals surface area contributed by atoms with E-state index < -0.39 is 0 Å². The van der Waals surface area contributed by atoms with Crippen molar-refractivity contribution in [3.63, 3.8) is 0 Å². The van der Waals surface area contributed by atoms with Gasteiger partial charge in [0.1, 0.15) is 4.88 Å². The summed E-state index contributed by atoms with van der Waals surface area (Å²) in [5, 5.41) is 4.97. The molecule has 1 N–H and O–H groups in total. The molecule has 106 valence electrons. The van der Waals surface area contributed by atoms with Gasteiger partial charge in [-0.3, -0.25) is 4.79 Å². The lowest BCUT2D eigenvalue weighted by Gasteiger charge is -2.06. The summed E-state index contributed by atoms with van der Waals surface area (Å²) in [6.07, 6.45) is 0. The van der Waals surface area contributed by atoms with Gasteiger partial charge in [-0.15, -0.1) is 11.3 Å². The number of fused-ring (bicyclic) bond motifs is 1. The van der Waals surface area contributed by atoms with E-state index in [2.05, 4.69) is 5.32 Å². The first-order chi connectivity index (χ1) is 10.1. The number of carbonyl (C=O) groups excluding carboxylic acids is 1. The van der Waals surface area contributed by atoms with Crippen LogP contribution in [0.3, 0.4) is 0 Å². The van der Waals surface area contributed by atoms with Crippen LogP contribution in [0, 0.1) is 0 Å². The van der Waals surface area contributed by atoms with E-state index >= 15 is 0 Å². The molecule has 2 aromatic carbocycles. The van der Waals surface area contributed by atoms with Crippen LogP contribution >= 0.6 is 46.1 Å². The van der Waals surface area contributed by atoms with Crippen LogP contribution < -0.4 is 5.32 Å². The van der Waals surface area contributed by atoms with E-state index in [-0.39, 0.29) is 5.91 Å². The van der Waals surface area contributed by atoms with Crippen molar-refractivity contribution in [2.45, 2.75) is 0 Å². The second-order valence-corrected chi connectivity index (χ2v) is 6.59. The van der Waals surface area contributed by atoms with Crippen molar-refractivity contribution in [3.05, 3.63) is 62.4 Å². The number of hydrogen-bond acceptors (Lipinski definition) is 2. The Morgan fingerprint density at radius 2 is 1.81 bits per heavy atom. The molecule has 3 rings (SSSR count). The molecule has 0 bridgehead atoms. The number of rotatable bonds is 2. The van der Waals surface area contributed by atoms with E-state index in [0.29, 0.717) is 25.6 Å². The number of amides is 1. The molecule has 1 heterocycles. The Morgan fingerprint density at radius 1 is 1.05 bits per heavy atom. The van der Waals surface area contributed by atoms with Crippen molar-refractivity contribution in [1.82, 2.24) is 0 Å². The van der Waals surface area contributed by atoms with E-state index in [9.17, 15) is 4.79 Å². The van der Waals surface area contributed by atoms with E-state index in [0.717, 1.165) is 10.1 Å². The summed E-state index contributed by atoms with van der Waals surface area (Å²) in [4.78, 5) is 12.8. The van der Waals surface area contributed by atoms with E-state index in [1.807, 2.05) is 24.3 Å². The third-order valence-corrected chi connectivity index (χ3v) is 5.14. The van der Waals surface area contributed by atoms with Crippen molar-refractivity contribution in [2.24, 2.45) is 0 Å². The maximum atomic E-state index is 12.4. The molecular formula is C15H8Cl3NOS. The lowest BCUT2D eigenvalue weighted by molar-refractivity contribution is 0.103. The zero-order valence-electron chi connectivity index (χ0n) is 10.5. The number of hydrogen-bond donors (Lipinski definition) is 1. The molecule has 0 aliphatic carbocycles. The molecule has 0 spiro atoms. The van der Waals surface area contributed by atoms with Crippen molar-refractivity contribution >= 4 is 67.8 Å². The minimum absolute atomic E-state index is 0.287. The molecule has 0 radical (unpaired) electrons. The Morgan fingerprint density at radius 3 is 2.52 bits per heavy atom. The molecule has 0 aliphatic heterocycles. The fourth-order valence-electron chi connectivity index (χ4n) is 1.93. The van der Waals surface area contributed by atoms with Crippen LogP contribution in [0.1, 0.15) is 9.67 Å². The first-order valence-corrected chi connectivity index (χ1v) is 7.95. The van der Waals surface area contributed by atoms with Crippen LogP contribution in [0.25, 0.3) is 10.1 Å². The van der Waals surface area contributed by atoms with E-state index in [1.54, 1.807) is 18.2 Å². The van der Waals surface area contributed by atoms with Crippen LogP contribution in [0.2, 0.25) is 15.1 Å². The number of halogens is 3. The second-order valence-electron chi connectivity index (χ2n) is 4.32. The summed E-state index contributed by atoms with van der Waals surface area (Å²) in [7, 11) is 0. The van der Waals surface area contributed by atoms with Crippen molar-refractivity contribution in [1.29, 1.82) is 0 Å². The quantitative estimate of drug-likeness (QED) is 0.589. The van der Waals surface area contributed by atoms with Crippen LogP contribution in [0.4, 0.5) is 5.69 Å². The average molecular weight is 357 g/mol. The summed E-state index contributed by atoms with van der Waals surface area (Å²) in [5.41, 5.74) is 0.500. The Bertz CT molecular complexity index is 844. The lowest BCUT2D eigenvalue weighted by atomic mass is 10.2. The topological polar surface area (TPSA) is 29.1 Å². The van der Waals surface area contributed by atoms with Gasteiger partial charge in [0.05, 0.1) is 15.7 Å². The molecule has 6 heteroatoms. The van der Waals surface area contributed by atoms with Gasteiger partial charge in [-0.05, 0) is 24.3 Å². The van der Waals surface area contributed by atoms with Crippen molar-refractivity contribution in [2.75, 3.05) is 5.32 Å². The molecule has 2 nitrogen and oxygen atoms in total. The maximum Gasteiger partial charge on any atom is 0.267 e. The maximum absolute atomic E-state index is 12.4. The monoisotopic (exact) mass is 355 g/mol. The predicted molar refractivity (Wildman–Crippen MR) is 91.3 cm³/mol. The smallest absolute Gasteiger partial charge is 0.267 e. The molecule has 3 aromatic rings. The van der Waals surface area contributed by atoms with Crippen LogP contribution in [-0.2, 0) is 0 Å². The standard InChI is InChI=1S/C15H8Cl3NOS/c16-8-5-6-11(10(17)7-8)19-15(20)14-13(18)9-3-1-2-4-12(9)21-14/h1-7H,(H,19,20). The number of nitrogens with one attached hydrogen (secondary N) is 1. The third kappa shape index (κ3) is 2.87. The van der Waals surface area contributed by atoms with Crippen LogP contribution in [-0.4, -0.2) is 5.91 Å². The Kier molecular flexibility index (Phi) is 4.09. The summed E-state index contributed by atoms with van der Waals surface area (Å²) in [5.74, 6) is -0.287. The minimum atomic E-state index is -0.287.